The van der Waals surface area contributed by atoms with Gasteiger partial charge in [0.2, 0.25) is 11.8 Å². The fraction of sp³-hybridized carbons (Fsp3) is 0.812. The first-order valence-electron chi connectivity index (χ1n) is 9.47. The molecule has 33 heavy (non-hydrogen) atoms. The van der Waals surface area contributed by atoms with Crippen molar-refractivity contribution < 1.29 is 66.5 Å². The lowest BCUT2D eigenvalue weighted by atomic mass is 9.96. The monoisotopic (exact) mass is 504 g/mol. The first kappa shape index (κ1) is 29.2. The van der Waals surface area contributed by atoms with Crippen molar-refractivity contribution in [3.05, 3.63) is 0 Å². The molecule has 1 aliphatic rings. The number of carbonyl (C=O) groups excluding carboxylic acids is 3. The van der Waals surface area contributed by atoms with Crippen LogP contribution in [-0.2, 0) is 38.4 Å². The summed E-state index contributed by atoms with van der Waals surface area (Å²) in [6.07, 6.45) is -12.8. The number of hydrogen-bond donors (Lipinski definition) is 8. The molecule has 0 aromatic heterocycles. The average molecular weight is 504 g/mol. The summed E-state index contributed by atoms with van der Waals surface area (Å²) in [6.45, 7) is 0.0416. The Bertz CT molecular complexity index is 779. The molecule has 1 fully saturated rings. The van der Waals surface area contributed by atoms with Crippen LogP contribution in [0.2, 0.25) is 0 Å². The number of aliphatic hydroxyl groups is 5. The zero-order chi connectivity index (χ0) is 25.5. The summed E-state index contributed by atoms with van der Waals surface area (Å²) in [5.74, 6) is -1.49. The lowest BCUT2D eigenvalue weighted by molar-refractivity contribution is -0.298. The fourth-order valence-electron chi connectivity index (χ4n) is 3.03. The quantitative estimate of drug-likeness (QED) is 0.0911. The molecule has 0 aliphatic carbocycles. The van der Waals surface area contributed by atoms with E-state index in [0.29, 0.717) is 0 Å². The number of aldehydes is 1. The van der Waals surface area contributed by atoms with Gasteiger partial charge in [0.1, 0.15) is 55.0 Å². The van der Waals surface area contributed by atoms with E-state index >= 15 is 0 Å². The zero-order valence-corrected chi connectivity index (χ0v) is 18.4. The molecule has 1 rings (SSSR count). The van der Waals surface area contributed by atoms with Gasteiger partial charge < -0.3 is 50.4 Å². The van der Waals surface area contributed by atoms with E-state index in [-0.39, 0.29) is 6.29 Å². The highest BCUT2D eigenvalue weighted by Crippen LogP contribution is 2.25. The number of nitrogens with one attached hydrogen (secondary N) is 2. The second kappa shape index (κ2) is 12.6. The van der Waals surface area contributed by atoms with Crippen LogP contribution >= 0.6 is 0 Å². The van der Waals surface area contributed by atoms with Crippen LogP contribution in [0.1, 0.15) is 13.8 Å². The van der Waals surface area contributed by atoms with Crippen LogP contribution in [0.3, 0.4) is 0 Å². The summed E-state index contributed by atoms with van der Waals surface area (Å²) in [5.41, 5.74) is 0. The summed E-state index contributed by atoms with van der Waals surface area (Å²) < 4.78 is 45.2. The molecule has 0 aromatic carbocycles. The van der Waals surface area contributed by atoms with Crippen molar-refractivity contribution in [3.8, 4) is 0 Å². The van der Waals surface area contributed by atoms with Gasteiger partial charge in [0.05, 0.1) is 13.2 Å². The molecule has 1 heterocycles. The van der Waals surface area contributed by atoms with Crippen LogP contribution < -0.4 is 10.6 Å². The number of hydrogen-bond acceptors (Lipinski definition) is 13. The molecule has 8 N–H and O–H groups in total. The third-order valence-corrected chi connectivity index (χ3v) is 4.96. The molecule has 17 heteroatoms. The van der Waals surface area contributed by atoms with E-state index in [1.54, 1.807) is 0 Å². The highest BCUT2D eigenvalue weighted by molar-refractivity contribution is 7.80. The number of rotatable bonds is 12. The van der Waals surface area contributed by atoms with Crippen molar-refractivity contribution in [1.29, 1.82) is 0 Å². The molecule has 0 spiro atoms. The summed E-state index contributed by atoms with van der Waals surface area (Å²) in [7, 11) is -5.04. The van der Waals surface area contributed by atoms with Crippen LogP contribution in [0.5, 0.6) is 0 Å². The second-order valence-electron chi connectivity index (χ2n) is 7.17. The highest BCUT2D eigenvalue weighted by Gasteiger charge is 2.48. The predicted molar refractivity (Wildman–Crippen MR) is 103 cm³/mol. The maximum atomic E-state index is 11.5. The molecule has 0 unspecified atom stereocenters. The summed E-state index contributed by atoms with van der Waals surface area (Å²) in [6, 6.07) is -3.22. The Balaban J connectivity index is 3.28. The minimum atomic E-state index is -5.04. The minimum absolute atomic E-state index is 0.0843. The smallest absolute Gasteiger partial charge is 0.394 e. The maximum Gasteiger partial charge on any atom is 0.397 e. The van der Waals surface area contributed by atoms with E-state index in [1.807, 2.05) is 0 Å². The van der Waals surface area contributed by atoms with Crippen molar-refractivity contribution in [1.82, 2.24) is 10.6 Å². The number of ether oxygens (including phenoxy) is 2. The van der Waals surface area contributed by atoms with Gasteiger partial charge in [0.25, 0.3) is 0 Å². The predicted octanol–water partition coefficient (Wildman–Crippen LogP) is -5.44. The van der Waals surface area contributed by atoms with Crippen LogP contribution in [0.25, 0.3) is 0 Å². The van der Waals surface area contributed by atoms with E-state index in [4.69, 9.17) is 14.0 Å². The summed E-state index contributed by atoms with van der Waals surface area (Å²) in [4.78, 5) is 34.2. The first-order valence-corrected chi connectivity index (χ1v) is 10.8. The lowest BCUT2D eigenvalue weighted by Gasteiger charge is -2.44. The van der Waals surface area contributed by atoms with Gasteiger partial charge in [-0.1, -0.05) is 0 Å². The third-order valence-electron chi connectivity index (χ3n) is 4.53. The number of carbonyl (C=O) groups is 3. The Morgan fingerprint density at radius 1 is 1.15 bits per heavy atom. The minimum Gasteiger partial charge on any atom is -0.394 e. The molecule has 0 radical (unpaired) electrons. The molecule has 2 amide bonds. The second-order valence-corrected chi connectivity index (χ2v) is 8.26. The Hall–Kier alpha value is -1.80. The molecule has 1 saturated heterocycles. The first-order chi connectivity index (χ1) is 15.2. The van der Waals surface area contributed by atoms with Crippen LogP contribution in [0, 0.1) is 0 Å². The van der Waals surface area contributed by atoms with Crippen LogP contribution in [0.15, 0.2) is 0 Å². The molecule has 1 aliphatic heterocycles. The molecular formula is C16H28N2O14S. The third kappa shape index (κ3) is 8.81. The van der Waals surface area contributed by atoms with Gasteiger partial charge in [-0.3, -0.25) is 14.1 Å². The summed E-state index contributed by atoms with van der Waals surface area (Å²) >= 11 is 0. The maximum absolute atomic E-state index is 11.5. The SMILES string of the molecule is CC(=O)N[C@H]1[C@H](O[C@@H]([C@H](O)[C@H](C=O)NC(C)=O)[C@H](O)COS(=O)(=O)O)O[C@H](CO)[C@@H](O)[C@@H]1O. The molecule has 0 saturated carbocycles. The van der Waals surface area contributed by atoms with Crippen molar-refractivity contribution in [3.63, 3.8) is 0 Å². The van der Waals surface area contributed by atoms with E-state index in [0.717, 1.165) is 13.8 Å². The van der Waals surface area contributed by atoms with Crippen molar-refractivity contribution in [2.24, 2.45) is 0 Å². The van der Waals surface area contributed by atoms with Gasteiger partial charge in [-0.25, -0.2) is 4.18 Å². The lowest BCUT2D eigenvalue weighted by Crippen LogP contribution is -2.66. The van der Waals surface area contributed by atoms with Gasteiger partial charge in [-0.15, -0.1) is 0 Å². The average Bonchev–Trinajstić information content (AvgIpc) is 2.71. The van der Waals surface area contributed by atoms with Crippen molar-refractivity contribution in [2.45, 2.75) is 68.8 Å². The van der Waals surface area contributed by atoms with Crippen LogP contribution in [0.4, 0.5) is 0 Å². The van der Waals surface area contributed by atoms with E-state index in [2.05, 4.69) is 14.8 Å². The molecule has 0 aromatic rings. The molecule has 9 atom stereocenters. The topological polar surface area (TPSA) is 258 Å². The van der Waals surface area contributed by atoms with Gasteiger partial charge in [0, 0.05) is 13.8 Å². The summed E-state index contributed by atoms with van der Waals surface area (Å²) in [5, 5.41) is 54.9. The highest BCUT2D eigenvalue weighted by atomic mass is 32.3. The number of aliphatic hydroxyl groups excluding tert-OH is 5. The molecular weight excluding hydrogens is 476 g/mol. The zero-order valence-electron chi connectivity index (χ0n) is 17.5. The van der Waals surface area contributed by atoms with Gasteiger partial charge in [-0.05, 0) is 0 Å². The Labute approximate surface area is 188 Å². The fourth-order valence-corrected chi connectivity index (χ4v) is 3.34. The van der Waals surface area contributed by atoms with Gasteiger partial charge in [-0.2, -0.15) is 8.42 Å². The molecule has 192 valence electrons. The van der Waals surface area contributed by atoms with Crippen molar-refractivity contribution >= 4 is 28.5 Å². The number of amides is 2. The normalized spacial score (nSPS) is 29.4. The van der Waals surface area contributed by atoms with E-state index in [9.17, 15) is 48.3 Å². The largest absolute Gasteiger partial charge is 0.397 e. The Kier molecular flexibility index (Phi) is 11.2. The molecule has 16 nitrogen and oxygen atoms in total. The molecule has 0 bridgehead atoms. The van der Waals surface area contributed by atoms with Crippen molar-refractivity contribution in [2.75, 3.05) is 13.2 Å². The van der Waals surface area contributed by atoms with Gasteiger partial charge in [0.15, 0.2) is 6.29 Å². The van der Waals surface area contributed by atoms with E-state index < -0.39 is 90.4 Å². The Morgan fingerprint density at radius 3 is 2.21 bits per heavy atom. The van der Waals surface area contributed by atoms with Gasteiger partial charge >= 0.3 is 10.4 Å². The standard InChI is InChI=1S/C16H28N2O14S/c1-6(21)17-8(3-19)12(24)15(9(23)5-30-33(27,28)29)32-16-11(18-7(2)22)14(26)13(25)10(4-20)31-16/h3,8-16,20,23-26H,4-5H2,1-2H3,(H,17,21)(H,18,22)(H,27,28,29)/t8-,9+,10+,11+,12+,13+,14+,15+,16-/m0/s1. The van der Waals surface area contributed by atoms with E-state index in [1.165, 1.54) is 0 Å². The van der Waals surface area contributed by atoms with Crippen LogP contribution in [-0.4, -0.2) is 125 Å². The Morgan fingerprint density at radius 2 is 1.76 bits per heavy atom.